The summed E-state index contributed by atoms with van der Waals surface area (Å²) < 4.78 is 110. The number of benzene rings is 2. The van der Waals surface area contributed by atoms with Crippen molar-refractivity contribution < 1.29 is 52.5 Å². The van der Waals surface area contributed by atoms with Gasteiger partial charge in [-0.25, -0.2) is 16.8 Å². The topological polar surface area (TPSA) is 111 Å². The van der Waals surface area contributed by atoms with E-state index in [0.29, 0.717) is 6.54 Å². The summed E-state index contributed by atoms with van der Waals surface area (Å²) in [5, 5.41) is 2.89. The number of alkyl halides is 6. The van der Waals surface area contributed by atoms with Gasteiger partial charge in [-0.15, -0.1) is 0 Å². The Kier molecular flexibility index (Phi) is 12.8. The normalized spacial score (nSPS) is 12.7. The highest BCUT2D eigenvalue weighted by atomic mass is 32.3. The standard InChI is InChI=1S/C22H28N2O.C2F6NO4S2/c1-3-22(25)23-16-11-17-24(4-2,18-20-12-7-5-8-13-20)19-21-14-9-6-10-15-21;3-1(4,5)14(10,11)9-15(12,13)2(6,7)8/h3,5-10,12-15H,1,4,11,16-19H2,2H3;/q;-1/p+1. The minimum absolute atomic E-state index is 0.0966. The molecule has 0 unspecified atom stereocenters. The predicted molar refractivity (Wildman–Crippen MR) is 137 cm³/mol. The second-order valence-corrected chi connectivity index (χ2v) is 11.9. The highest BCUT2D eigenvalue weighted by Crippen LogP contribution is 2.36. The summed E-state index contributed by atoms with van der Waals surface area (Å²) in [4.78, 5) is 11.4. The van der Waals surface area contributed by atoms with Gasteiger partial charge in [0.2, 0.25) is 5.91 Å². The molecule has 1 amide bonds. The van der Waals surface area contributed by atoms with Crippen LogP contribution in [0, 0.1) is 0 Å². The maximum absolute atomic E-state index is 11.4. The first-order chi connectivity index (χ1) is 18.4. The molecule has 0 saturated heterocycles. The van der Waals surface area contributed by atoms with E-state index in [-0.39, 0.29) is 5.91 Å². The van der Waals surface area contributed by atoms with E-state index in [1.54, 1.807) is 0 Å². The third-order valence-electron chi connectivity index (χ3n) is 5.47. The van der Waals surface area contributed by atoms with Crippen LogP contribution in [0.15, 0.2) is 73.3 Å². The Balaban J connectivity index is 0.000000459. The smallest absolute Gasteiger partial charge is 0.421 e. The van der Waals surface area contributed by atoms with E-state index < -0.39 is 31.1 Å². The number of carbonyl (C=O) groups is 1. The van der Waals surface area contributed by atoms with Crippen molar-refractivity contribution in [2.24, 2.45) is 0 Å². The van der Waals surface area contributed by atoms with Crippen LogP contribution in [0.2, 0.25) is 0 Å². The Bertz CT molecular complexity index is 1220. The van der Waals surface area contributed by atoms with E-state index in [1.165, 1.54) is 17.2 Å². The highest BCUT2D eigenvalue weighted by molar-refractivity contribution is 8.13. The number of carbonyl (C=O) groups excluding carboxylic acids is 1. The summed E-state index contributed by atoms with van der Waals surface area (Å²) in [7, 11) is -13.4. The molecule has 2 aromatic carbocycles. The van der Waals surface area contributed by atoms with Gasteiger partial charge in [-0.05, 0) is 13.0 Å². The lowest BCUT2D eigenvalue weighted by atomic mass is 10.1. The number of hydrogen-bond acceptors (Lipinski definition) is 5. The van der Waals surface area contributed by atoms with Crippen molar-refractivity contribution in [3.63, 3.8) is 0 Å². The molecule has 0 aliphatic heterocycles. The monoisotopic (exact) mass is 617 g/mol. The van der Waals surface area contributed by atoms with Gasteiger partial charge in [0.05, 0.1) is 13.1 Å². The molecule has 2 rings (SSSR count). The largest absolute Gasteiger partial charge is 0.480 e. The van der Waals surface area contributed by atoms with E-state index in [1.807, 2.05) is 0 Å². The Morgan fingerprint density at radius 1 is 0.850 bits per heavy atom. The molecule has 224 valence electrons. The summed E-state index contributed by atoms with van der Waals surface area (Å²) in [6, 6.07) is 21.3. The number of sulfonamides is 2. The second-order valence-electron chi connectivity index (χ2n) is 8.43. The van der Waals surface area contributed by atoms with Gasteiger partial charge in [0, 0.05) is 24.1 Å². The van der Waals surface area contributed by atoms with Gasteiger partial charge >= 0.3 is 11.0 Å². The first kappa shape index (κ1) is 35.1. The molecule has 16 heteroatoms. The van der Waals surface area contributed by atoms with Crippen LogP contribution in [-0.4, -0.2) is 57.9 Å². The molecule has 0 aliphatic carbocycles. The van der Waals surface area contributed by atoms with Crippen LogP contribution in [0.4, 0.5) is 26.3 Å². The molecule has 0 fully saturated rings. The number of halogens is 6. The molecule has 8 nitrogen and oxygen atoms in total. The van der Waals surface area contributed by atoms with Crippen LogP contribution < -0.4 is 5.32 Å². The number of quaternary nitrogens is 1. The fourth-order valence-corrected chi connectivity index (χ4v) is 5.16. The molecule has 0 aromatic heterocycles. The van der Waals surface area contributed by atoms with Crippen molar-refractivity contribution >= 4 is 26.0 Å². The van der Waals surface area contributed by atoms with Crippen LogP contribution in [0.25, 0.3) is 4.13 Å². The van der Waals surface area contributed by atoms with Crippen molar-refractivity contribution in [3.8, 4) is 0 Å². The molecular weight excluding hydrogens is 588 g/mol. The molecule has 1 N–H and O–H groups in total. The van der Waals surface area contributed by atoms with E-state index in [9.17, 15) is 48.0 Å². The predicted octanol–water partition coefficient (Wildman–Crippen LogP) is 4.98. The van der Waals surface area contributed by atoms with Crippen LogP contribution >= 0.6 is 0 Å². The number of rotatable bonds is 12. The second kappa shape index (κ2) is 14.6. The maximum atomic E-state index is 11.4. The van der Waals surface area contributed by atoms with Crippen molar-refractivity contribution in [1.29, 1.82) is 0 Å². The molecule has 0 saturated carbocycles. The minimum atomic E-state index is -6.72. The van der Waals surface area contributed by atoms with Gasteiger partial charge in [-0.1, -0.05) is 67.2 Å². The van der Waals surface area contributed by atoms with Crippen molar-refractivity contribution in [2.75, 3.05) is 19.6 Å². The van der Waals surface area contributed by atoms with Gasteiger partial charge < -0.3 is 13.9 Å². The van der Waals surface area contributed by atoms with E-state index in [4.69, 9.17) is 0 Å². The first-order valence-corrected chi connectivity index (χ1v) is 14.5. The molecule has 0 bridgehead atoms. The van der Waals surface area contributed by atoms with Crippen molar-refractivity contribution in [2.45, 2.75) is 37.5 Å². The Morgan fingerprint density at radius 3 is 1.57 bits per heavy atom. The first-order valence-electron chi connectivity index (χ1n) is 11.6. The van der Waals surface area contributed by atoms with E-state index in [0.717, 1.165) is 41.2 Å². The fraction of sp³-hybridized carbons (Fsp3) is 0.375. The quantitative estimate of drug-likeness (QED) is 0.156. The molecule has 2 aromatic rings. The Hall–Kier alpha value is -2.95. The maximum Gasteiger partial charge on any atom is 0.480 e. The zero-order chi connectivity index (χ0) is 30.7. The number of nitrogens with one attached hydrogen (secondary N) is 1. The van der Waals surface area contributed by atoms with Crippen molar-refractivity contribution in [1.82, 2.24) is 5.32 Å². The average Bonchev–Trinajstić information content (AvgIpc) is 2.86. The van der Waals surface area contributed by atoms with Crippen LogP contribution in [0.1, 0.15) is 24.5 Å². The molecular formula is C24H29F6N3O5S2. The van der Waals surface area contributed by atoms with Gasteiger partial charge in [0.25, 0.3) is 0 Å². The molecule has 0 atom stereocenters. The molecule has 40 heavy (non-hydrogen) atoms. The lowest BCUT2D eigenvalue weighted by molar-refractivity contribution is -0.952. The third-order valence-corrected chi connectivity index (χ3v) is 8.21. The summed E-state index contributed by atoms with van der Waals surface area (Å²) in [6.07, 6.45) is 2.28. The van der Waals surface area contributed by atoms with Crippen LogP contribution in [0.3, 0.4) is 0 Å². The van der Waals surface area contributed by atoms with Gasteiger partial charge in [0.15, 0.2) is 20.0 Å². The lowest BCUT2D eigenvalue weighted by Gasteiger charge is -2.38. The lowest BCUT2D eigenvalue weighted by Crippen LogP contribution is -2.47. The SMILES string of the molecule is C=CC(=O)NCCC[N+](CC)(Cc1ccccc1)Cc1ccccc1.O=S(=O)([N-]S(=O)(=O)C(F)(F)F)C(F)(F)F. The van der Waals surface area contributed by atoms with Gasteiger partial charge in [-0.3, -0.25) is 4.79 Å². The number of amides is 1. The summed E-state index contributed by atoms with van der Waals surface area (Å²) in [6.45, 7) is 10.5. The Morgan fingerprint density at radius 2 is 1.25 bits per heavy atom. The number of hydrogen-bond donors (Lipinski definition) is 1. The van der Waals surface area contributed by atoms with Gasteiger partial charge in [-0.2, -0.15) is 26.3 Å². The van der Waals surface area contributed by atoms with Crippen LogP contribution in [0.5, 0.6) is 0 Å². The van der Waals surface area contributed by atoms with Crippen LogP contribution in [-0.2, 0) is 37.9 Å². The zero-order valence-electron chi connectivity index (χ0n) is 21.3. The molecule has 0 spiro atoms. The molecule has 0 heterocycles. The summed E-state index contributed by atoms with van der Waals surface area (Å²) in [5.74, 6) is -0.0966. The minimum Gasteiger partial charge on any atom is -0.421 e. The molecule has 0 radical (unpaired) electrons. The van der Waals surface area contributed by atoms with E-state index >= 15 is 0 Å². The van der Waals surface area contributed by atoms with Crippen molar-refractivity contribution in [3.05, 3.63) is 88.6 Å². The highest BCUT2D eigenvalue weighted by Gasteiger charge is 2.46. The number of nitrogens with zero attached hydrogens (tertiary/aromatic N) is 2. The fourth-order valence-electron chi connectivity index (χ4n) is 3.45. The summed E-state index contributed by atoms with van der Waals surface area (Å²) in [5.41, 5.74) is -9.69. The van der Waals surface area contributed by atoms with Gasteiger partial charge in [0.1, 0.15) is 13.1 Å². The average molecular weight is 618 g/mol. The Labute approximate surface area is 229 Å². The molecule has 0 aliphatic rings. The zero-order valence-corrected chi connectivity index (χ0v) is 23.0. The van der Waals surface area contributed by atoms with E-state index in [2.05, 4.69) is 79.5 Å². The summed E-state index contributed by atoms with van der Waals surface area (Å²) >= 11 is 0. The third kappa shape index (κ3) is 11.3.